The van der Waals surface area contributed by atoms with Gasteiger partial charge in [0.05, 0.1) is 10.2 Å². The molecule has 5 heteroatoms. The Kier molecular flexibility index (Phi) is 4.83. The van der Waals surface area contributed by atoms with Crippen LogP contribution in [0.5, 0.6) is 0 Å². The highest BCUT2D eigenvalue weighted by Crippen LogP contribution is 2.28. The number of benzene rings is 1. The summed E-state index contributed by atoms with van der Waals surface area (Å²) < 4.78 is 2.20. The largest absolute Gasteiger partial charge is 0.481 e. The summed E-state index contributed by atoms with van der Waals surface area (Å²) in [4.78, 5) is 14.8. The molecule has 1 N–H and O–H groups in total. The van der Waals surface area contributed by atoms with E-state index < -0.39 is 5.97 Å². The molecule has 0 saturated carbocycles. The monoisotopic (exact) mass is 291 g/mol. The quantitative estimate of drug-likeness (QED) is 0.531. The van der Waals surface area contributed by atoms with Crippen LogP contribution < -0.4 is 0 Å². The minimum absolute atomic E-state index is 0.180. The number of aromatic nitrogens is 1. The molecule has 19 heavy (non-hydrogen) atoms. The van der Waals surface area contributed by atoms with Crippen molar-refractivity contribution < 1.29 is 9.90 Å². The summed E-state index contributed by atoms with van der Waals surface area (Å²) in [5.41, 5.74) is 1.96. The van der Waals surface area contributed by atoms with Crippen LogP contribution in [0.15, 0.2) is 22.5 Å². The number of unbranched alkanes of at least 4 members (excludes halogenated alkanes) is 1. The van der Waals surface area contributed by atoms with Crippen LogP contribution in [0.2, 0.25) is 0 Å². The van der Waals surface area contributed by atoms with Crippen molar-refractivity contribution in [2.75, 3.05) is 6.26 Å². The molecule has 2 rings (SSSR count). The maximum Gasteiger partial charge on any atom is 0.303 e. The first-order chi connectivity index (χ1) is 9.19. The number of aliphatic carboxylic acids is 1. The Bertz CT molecular complexity index is 652. The number of thioether (sulfide) groups is 1. The van der Waals surface area contributed by atoms with E-state index in [1.54, 1.807) is 23.1 Å². The standard InChI is InChI=1S/C14H13NO2S2/c1-18-14-15-11-8-7-10(9-12(11)19-14)5-3-2-4-6-13(16)17/h7-9H,2,4,6H2,1H3,(H,16,17). The summed E-state index contributed by atoms with van der Waals surface area (Å²) in [6.45, 7) is 0. The number of carbonyl (C=O) groups is 1. The van der Waals surface area contributed by atoms with Crippen molar-refractivity contribution in [1.29, 1.82) is 0 Å². The molecular formula is C14H13NO2S2. The van der Waals surface area contributed by atoms with Crippen molar-refractivity contribution in [3.05, 3.63) is 23.8 Å². The van der Waals surface area contributed by atoms with Crippen LogP contribution >= 0.6 is 23.1 Å². The van der Waals surface area contributed by atoms with Crippen molar-refractivity contribution in [3.8, 4) is 11.8 Å². The van der Waals surface area contributed by atoms with Gasteiger partial charge in [0.1, 0.15) is 0 Å². The van der Waals surface area contributed by atoms with Gasteiger partial charge < -0.3 is 5.11 Å². The van der Waals surface area contributed by atoms with Crippen LogP contribution in [0, 0.1) is 11.8 Å². The van der Waals surface area contributed by atoms with Crippen LogP contribution in [-0.2, 0) is 4.79 Å². The molecule has 1 aromatic heterocycles. The Morgan fingerprint density at radius 2 is 2.37 bits per heavy atom. The molecule has 2 aromatic rings. The number of nitrogens with zero attached hydrogens (tertiary/aromatic N) is 1. The van der Waals surface area contributed by atoms with E-state index in [4.69, 9.17) is 5.11 Å². The minimum atomic E-state index is -0.766. The van der Waals surface area contributed by atoms with Gasteiger partial charge in [0, 0.05) is 18.4 Å². The maximum atomic E-state index is 10.4. The lowest BCUT2D eigenvalue weighted by Gasteiger charge is -1.90. The summed E-state index contributed by atoms with van der Waals surface area (Å²) in [5.74, 6) is 5.31. The van der Waals surface area contributed by atoms with Gasteiger partial charge in [-0.3, -0.25) is 4.79 Å². The second kappa shape index (κ2) is 6.60. The molecule has 0 unspecified atom stereocenters. The molecule has 0 aliphatic heterocycles. The molecule has 0 aliphatic rings. The predicted octanol–water partition coefficient (Wildman–Crippen LogP) is 3.62. The van der Waals surface area contributed by atoms with Gasteiger partial charge in [-0.2, -0.15) is 0 Å². The highest BCUT2D eigenvalue weighted by molar-refractivity contribution is 8.00. The number of rotatable bonds is 4. The topological polar surface area (TPSA) is 50.2 Å². The lowest BCUT2D eigenvalue weighted by Crippen LogP contribution is -1.92. The van der Waals surface area contributed by atoms with Gasteiger partial charge in [0.15, 0.2) is 4.34 Å². The van der Waals surface area contributed by atoms with Crippen LogP contribution in [0.1, 0.15) is 24.8 Å². The van der Waals surface area contributed by atoms with Crippen LogP contribution in [0.4, 0.5) is 0 Å². The first kappa shape index (κ1) is 13.9. The summed E-state index contributed by atoms with van der Waals surface area (Å²) in [6, 6.07) is 5.97. The number of thiazole rings is 1. The summed E-state index contributed by atoms with van der Waals surface area (Å²) in [7, 11) is 0. The Labute approximate surface area is 120 Å². The molecule has 0 amide bonds. The van der Waals surface area contributed by atoms with Crippen molar-refractivity contribution in [2.24, 2.45) is 0 Å². The second-order valence-electron chi connectivity index (χ2n) is 3.92. The Hall–Kier alpha value is -1.51. The minimum Gasteiger partial charge on any atom is -0.481 e. The second-order valence-corrected chi connectivity index (χ2v) is 6.00. The number of hydrogen-bond acceptors (Lipinski definition) is 4. The van der Waals surface area contributed by atoms with Crippen molar-refractivity contribution in [3.63, 3.8) is 0 Å². The fourth-order valence-corrected chi connectivity index (χ4v) is 3.09. The van der Waals surface area contributed by atoms with Gasteiger partial charge in [-0.15, -0.1) is 11.3 Å². The zero-order chi connectivity index (χ0) is 13.7. The molecule has 0 saturated heterocycles. The van der Waals surface area contributed by atoms with E-state index in [-0.39, 0.29) is 6.42 Å². The number of carboxylic acids is 1. The highest BCUT2D eigenvalue weighted by atomic mass is 32.2. The summed E-state index contributed by atoms with van der Waals surface area (Å²) in [6.07, 6.45) is 3.41. The van der Waals surface area contributed by atoms with E-state index in [0.717, 1.165) is 20.1 Å². The summed E-state index contributed by atoms with van der Waals surface area (Å²) in [5, 5.41) is 8.52. The zero-order valence-corrected chi connectivity index (χ0v) is 12.1. The molecule has 1 aromatic carbocycles. The molecule has 0 spiro atoms. The first-order valence-corrected chi connectivity index (χ1v) is 7.88. The third-order valence-electron chi connectivity index (χ3n) is 2.47. The smallest absolute Gasteiger partial charge is 0.303 e. The molecule has 0 aliphatic carbocycles. The third kappa shape index (κ3) is 3.98. The van der Waals surface area contributed by atoms with Crippen molar-refractivity contribution in [1.82, 2.24) is 4.98 Å². The van der Waals surface area contributed by atoms with Crippen LogP contribution in [0.3, 0.4) is 0 Å². The van der Waals surface area contributed by atoms with E-state index in [1.165, 1.54) is 0 Å². The molecule has 98 valence electrons. The third-order valence-corrected chi connectivity index (χ3v) is 4.47. The van der Waals surface area contributed by atoms with Crippen LogP contribution in [-0.4, -0.2) is 22.3 Å². The van der Waals surface area contributed by atoms with Crippen LogP contribution in [0.25, 0.3) is 10.2 Å². The molecule has 0 radical (unpaired) electrons. The summed E-state index contributed by atoms with van der Waals surface area (Å²) >= 11 is 3.31. The molecular weight excluding hydrogens is 278 g/mol. The highest BCUT2D eigenvalue weighted by Gasteiger charge is 2.02. The Morgan fingerprint density at radius 3 is 3.11 bits per heavy atom. The lowest BCUT2D eigenvalue weighted by atomic mass is 10.2. The van der Waals surface area contributed by atoms with Gasteiger partial charge in [-0.25, -0.2) is 4.98 Å². The molecule has 3 nitrogen and oxygen atoms in total. The maximum absolute atomic E-state index is 10.4. The van der Waals surface area contributed by atoms with Crippen molar-refractivity contribution >= 4 is 39.3 Å². The molecule has 0 bridgehead atoms. The Balaban J connectivity index is 2.04. The fraction of sp³-hybridized carbons (Fsp3) is 0.286. The van der Waals surface area contributed by atoms with Gasteiger partial charge >= 0.3 is 5.97 Å². The zero-order valence-electron chi connectivity index (χ0n) is 10.5. The van der Waals surface area contributed by atoms with Crippen molar-refractivity contribution in [2.45, 2.75) is 23.6 Å². The average Bonchev–Trinajstić information content (AvgIpc) is 2.80. The predicted molar refractivity (Wildman–Crippen MR) is 79.8 cm³/mol. The number of hydrogen-bond donors (Lipinski definition) is 1. The van der Waals surface area contributed by atoms with Gasteiger partial charge in [0.25, 0.3) is 0 Å². The first-order valence-electron chi connectivity index (χ1n) is 5.84. The molecule has 1 heterocycles. The number of fused-ring (bicyclic) bond motifs is 1. The van der Waals surface area contributed by atoms with E-state index in [9.17, 15) is 4.79 Å². The van der Waals surface area contributed by atoms with Gasteiger partial charge in [-0.1, -0.05) is 23.6 Å². The molecule has 0 fully saturated rings. The molecule has 0 atom stereocenters. The fourth-order valence-electron chi connectivity index (χ4n) is 1.56. The van der Waals surface area contributed by atoms with E-state index >= 15 is 0 Å². The van der Waals surface area contributed by atoms with Gasteiger partial charge in [0.2, 0.25) is 0 Å². The number of carboxylic acid groups (broad SMARTS) is 1. The lowest BCUT2D eigenvalue weighted by molar-refractivity contribution is -0.137. The SMILES string of the molecule is CSc1nc2ccc(C#CCCCC(=O)O)cc2s1. The van der Waals surface area contributed by atoms with E-state index in [1.807, 2.05) is 24.5 Å². The van der Waals surface area contributed by atoms with E-state index in [2.05, 4.69) is 16.8 Å². The Morgan fingerprint density at radius 1 is 1.53 bits per heavy atom. The average molecular weight is 291 g/mol. The normalized spacial score (nSPS) is 10.2. The van der Waals surface area contributed by atoms with E-state index in [0.29, 0.717) is 12.8 Å². The van der Waals surface area contributed by atoms with Gasteiger partial charge in [-0.05, 0) is 30.9 Å².